The van der Waals surface area contributed by atoms with E-state index >= 15 is 0 Å². The van der Waals surface area contributed by atoms with Gasteiger partial charge in [-0.15, -0.1) is 11.3 Å². The molecule has 2 unspecified atom stereocenters. The van der Waals surface area contributed by atoms with E-state index in [1.165, 1.54) is 11.3 Å². The Balaban J connectivity index is 1.53. The summed E-state index contributed by atoms with van der Waals surface area (Å²) < 4.78 is 6.22. The summed E-state index contributed by atoms with van der Waals surface area (Å²) in [7, 11) is 1.79. The first kappa shape index (κ1) is 18.6. The molecule has 2 saturated heterocycles. The number of likely N-dealkylation sites (tertiary alicyclic amines) is 1. The van der Waals surface area contributed by atoms with Crippen molar-refractivity contribution >= 4 is 23.2 Å². The lowest BCUT2D eigenvalue weighted by Crippen LogP contribution is -2.44. The van der Waals surface area contributed by atoms with E-state index in [2.05, 4.69) is 18.8 Å². The highest BCUT2D eigenvalue weighted by molar-refractivity contribution is 7.09. The summed E-state index contributed by atoms with van der Waals surface area (Å²) in [6, 6.07) is 0. The summed E-state index contributed by atoms with van der Waals surface area (Å²) in [4.78, 5) is 34.3. The number of carbonyl (C=O) groups excluding carboxylic acids is 2. The second-order valence-electron chi connectivity index (χ2n) is 7.92. The maximum Gasteiger partial charge on any atom is 0.230 e. The van der Waals surface area contributed by atoms with Gasteiger partial charge in [0.2, 0.25) is 11.8 Å². The molecule has 0 N–H and O–H groups in total. The lowest BCUT2D eigenvalue weighted by Gasteiger charge is -2.27. The van der Waals surface area contributed by atoms with Gasteiger partial charge in [-0.05, 0) is 5.92 Å². The molecule has 2 bridgehead atoms. The molecule has 1 aromatic heterocycles. The fourth-order valence-corrected chi connectivity index (χ4v) is 5.41. The SMILES string of the molecule is CCC(CC)CN1C[C@@]23C=C[C@@H](O2)C(C(=O)N(C)Cc2nccs2)C3C1=O. The van der Waals surface area contributed by atoms with E-state index in [0.29, 0.717) is 19.0 Å². The summed E-state index contributed by atoms with van der Waals surface area (Å²) in [6.45, 7) is 6.11. The first-order chi connectivity index (χ1) is 13.0. The van der Waals surface area contributed by atoms with Crippen molar-refractivity contribution in [2.24, 2.45) is 17.8 Å². The van der Waals surface area contributed by atoms with Crippen LogP contribution >= 0.6 is 11.3 Å². The molecule has 1 spiro atoms. The van der Waals surface area contributed by atoms with Crippen LogP contribution in [0.1, 0.15) is 31.7 Å². The van der Waals surface area contributed by atoms with Crippen molar-refractivity contribution in [3.63, 3.8) is 0 Å². The molecular weight excluding hydrogens is 362 g/mol. The Labute approximate surface area is 164 Å². The van der Waals surface area contributed by atoms with E-state index in [9.17, 15) is 9.59 Å². The largest absolute Gasteiger partial charge is 0.360 e. The van der Waals surface area contributed by atoms with E-state index < -0.39 is 17.4 Å². The van der Waals surface area contributed by atoms with Gasteiger partial charge >= 0.3 is 0 Å². The number of carbonyl (C=O) groups is 2. The van der Waals surface area contributed by atoms with Gasteiger partial charge in [-0.1, -0.05) is 38.8 Å². The van der Waals surface area contributed by atoms with E-state index in [4.69, 9.17) is 4.74 Å². The molecule has 1 aromatic rings. The second kappa shape index (κ2) is 7.02. The third-order valence-electron chi connectivity index (χ3n) is 6.33. The number of hydrogen-bond donors (Lipinski definition) is 0. The van der Waals surface area contributed by atoms with Crippen LogP contribution in [0.15, 0.2) is 23.7 Å². The summed E-state index contributed by atoms with van der Waals surface area (Å²) in [6.07, 6.45) is 7.56. The maximum absolute atomic E-state index is 13.2. The predicted octanol–water partition coefficient (Wildman–Crippen LogP) is 2.32. The molecule has 27 heavy (non-hydrogen) atoms. The number of nitrogens with zero attached hydrogens (tertiary/aromatic N) is 3. The van der Waals surface area contributed by atoms with Crippen LogP contribution in [0, 0.1) is 17.8 Å². The van der Waals surface area contributed by atoms with Gasteiger partial charge in [0.15, 0.2) is 0 Å². The number of amides is 2. The Hall–Kier alpha value is -1.73. The number of fused-ring (bicyclic) bond motifs is 1. The predicted molar refractivity (Wildman–Crippen MR) is 103 cm³/mol. The Bertz CT molecular complexity index is 746. The smallest absolute Gasteiger partial charge is 0.230 e. The fourth-order valence-electron chi connectivity index (χ4n) is 4.74. The molecular formula is C20H27N3O3S. The number of rotatable bonds is 7. The van der Waals surface area contributed by atoms with Crippen molar-refractivity contribution in [3.8, 4) is 0 Å². The van der Waals surface area contributed by atoms with Crippen LogP contribution in [-0.4, -0.2) is 58.4 Å². The molecule has 4 heterocycles. The van der Waals surface area contributed by atoms with Crippen LogP contribution in [-0.2, 0) is 20.9 Å². The molecule has 6 nitrogen and oxygen atoms in total. The molecule has 3 aliphatic rings. The molecule has 146 valence electrons. The lowest BCUT2D eigenvalue weighted by atomic mass is 9.76. The van der Waals surface area contributed by atoms with Crippen molar-refractivity contribution in [1.82, 2.24) is 14.8 Å². The zero-order valence-electron chi connectivity index (χ0n) is 16.1. The van der Waals surface area contributed by atoms with Gasteiger partial charge in [-0.3, -0.25) is 9.59 Å². The zero-order chi connectivity index (χ0) is 19.2. The van der Waals surface area contributed by atoms with Crippen LogP contribution in [0.3, 0.4) is 0 Å². The highest BCUT2D eigenvalue weighted by Crippen LogP contribution is 2.52. The third kappa shape index (κ3) is 3.01. The molecule has 4 atom stereocenters. The molecule has 0 aromatic carbocycles. The van der Waals surface area contributed by atoms with Gasteiger partial charge in [0.1, 0.15) is 10.6 Å². The number of ether oxygens (including phenoxy) is 1. The third-order valence-corrected chi connectivity index (χ3v) is 7.09. The molecule has 2 fully saturated rings. The van der Waals surface area contributed by atoms with Crippen molar-refractivity contribution < 1.29 is 14.3 Å². The van der Waals surface area contributed by atoms with Crippen molar-refractivity contribution in [3.05, 3.63) is 28.7 Å². The number of aromatic nitrogens is 1. The van der Waals surface area contributed by atoms with E-state index in [-0.39, 0.29) is 17.9 Å². The standard InChI is InChI=1S/C20H27N3O3S/c1-4-13(5-2)10-23-12-20-7-6-14(26-20)16(17(20)19(23)25)18(24)22(3)11-15-21-8-9-27-15/h6-9,13-14,16-17H,4-5,10-12H2,1-3H3/t14-,16?,17?,20-/m1/s1. The van der Waals surface area contributed by atoms with Crippen LogP contribution in [0.4, 0.5) is 0 Å². The molecule has 0 aliphatic carbocycles. The summed E-state index contributed by atoms with van der Waals surface area (Å²) >= 11 is 1.53. The van der Waals surface area contributed by atoms with Gasteiger partial charge in [0, 0.05) is 25.2 Å². The van der Waals surface area contributed by atoms with Gasteiger partial charge < -0.3 is 14.5 Å². The highest BCUT2D eigenvalue weighted by Gasteiger charge is 2.67. The first-order valence-electron chi connectivity index (χ1n) is 9.78. The molecule has 3 aliphatic heterocycles. The summed E-state index contributed by atoms with van der Waals surface area (Å²) in [5.74, 6) is -0.279. The number of hydrogen-bond acceptors (Lipinski definition) is 5. The van der Waals surface area contributed by atoms with Crippen LogP contribution in [0.25, 0.3) is 0 Å². The molecule has 4 rings (SSSR count). The second-order valence-corrected chi connectivity index (χ2v) is 8.90. The minimum atomic E-state index is -0.615. The normalized spacial score (nSPS) is 31.2. The fraction of sp³-hybridized carbons (Fsp3) is 0.650. The molecule has 0 radical (unpaired) electrons. The molecule has 0 saturated carbocycles. The average molecular weight is 390 g/mol. The van der Waals surface area contributed by atoms with Gasteiger partial charge in [-0.25, -0.2) is 4.98 Å². The van der Waals surface area contributed by atoms with E-state index in [0.717, 1.165) is 24.4 Å². The van der Waals surface area contributed by atoms with Crippen LogP contribution in [0.5, 0.6) is 0 Å². The van der Waals surface area contributed by atoms with Gasteiger partial charge in [0.05, 0.1) is 31.0 Å². The van der Waals surface area contributed by atoms with Gasteiger partial charge in [0.25, 0.3) is 0 Å². The minimum Gasteiger partial charge on any atom is -0.360 e. The number of thiazole rings is 1. The Kier molecular flexibility index (Phi) is 4.84. The lowest BCUT2D eigenvalue weighted by molar-refractivity contribution is -0.142. The Morgan fingerprint density at radius 2 is 2.26 bits per heavy atom. The zero-order valence-corrected chi connectivity index (χ0v) is 16.9. The summed E-state index contributed by atoms with van der Waals surface area (Å²) in [5.41, 5.74) is -0.615. The minimum absolute atomic E-state index is 0.0239. The van der Waals surface area contributed by atoms with Crippen molar-refractivity contribution in [2.75, 3.05) is 20.1 Å². The van der Waals surface area contributed by atoms with Gasteiger partial charge in [-0.2, -0.15) is 0 Å². The van der Waals surface area contributed by atoms with Crippen molar-refractivity contribution in [1.29, 1.82) is 0 Å². The monoisotopic (exact) mass is 389 g/mol. The van der Waals surface area contributed by atoms with Crippen molar-refractivity contribution in [2.45, 2.75) is 44.9 Å². The first-order valence-corrected chi connectivity index (χ1v) is 10.7. The summed E-state index contributed by atoms with van der Waals surface area (Å²) in [5, 5.41) is 2.80. The van der Waals surface area contributed by atoms with E-state index in [1.54, 1.807) is 18.1 Å². The quantitative estimate of drug-likeness (QED) is 0.672. The van der Waals surface area contributed by atoms with E-state index in [1.807, 2.05) is 22.4 Å². The average Bonchev–Trinajstić information content (AvgIpc) is 3.42. The van der Waals surface area contributed by atoms with Crippen LogP contribution in [0.2, 0.25) is 0 Å². The highest BCUT2D eigenvalue weighted by atomic mass is 32.1. The maximum atomic E-state index is 13.2. The topological polar surface area (TPSA) is 62.7 Å². The molecule has 2 amide bonds. The van der Waals surface area contributed by atoms with Crippen LogP contribution < -0.4 is 0 Å². The Morgan fingerprint density at radius 3 is 2.93 bits per heavy atom. The Morgan fingerprint density at radius 1 is 1.48 bits per heavy atom. The molecule has 7 heteroatoms.